The molecule has 3 aromatic rings. The molecule has 5 rings (SSSR count). The van der Waals surface area contributed by atoms with Gasteiger partial charge in [-0.1, -0.05) is 23.4 Å². The average molecular weight is 575 g/mol. The molecule has 1 heterocycles. The van der Waals surface area contributed by atoms with E-state index in [2.05, 4.69) is 22.1 Å². The smallest absolute Gasteiger partial charge is 0.255 e. The number of fused-ring (bicyclic) bond motifs is 2. The molecule has 1 amide bonds. The van der Waals surface area contributed by atoms with Gasteiger partial charge in [-0.2, -0.15) is 0 Å². The van der Waals surface area contributed by atoms with E-state index in [0.717, 1.165) is 6.07 Å². The van der Waals surface area contributed by atoms with E-state index in [4.69, 9.17) is 11.6 Å². The van der Waals surface area contributed by atoms with E-state index >= 15 is 0 Å². The molecule has 0 radical (unpaired) electrons. The molecule has 0 aliphatic heterocycles. The van der Waals surface area contributed by atoms with Crippen molar-refractivity contribution in [3.63, 3.8) is 0 Å². The van der Waals surface area contributed by atoms with Crippen molar-refractivity contribution < 1.29 is 31.5 Å². The monoisotopic (exact) mass is 574 g/mol. The minimum Gasteiger partial charge on any atom is -0.378 e. The van der Waals surface area contributed by atoms with Gasteiger partial charge in [-0.25, -0.2) is 21.6 Å². The molecule has 2 aliphatic carbocycles. The third-order valence-electron chi connectivity index (χ3n) is 7.26. The third kappa shape index (κ3) is 5.39. The number of aliphatic hydroxyl groups is 1. The second-order valence-electron chi connectivity index (χ2n) is 9.89. The summed E-state index contributed by atoms with van der Waals surface area (Å²) in [7, 11) is -4.04. The Morgan fingerprint density at radius 2 is 1.64 bits per heavy atom. The van der Waals surface area contributed by atoms with Crippen molar-refractivity contribution in [1.82, 2.24) is 4.98 Å². The van der Waals surface area contributed by atoms with Crippen LogP contribution in [0.1, 0.15) is 41.6 Å². The highest BCUT2D eigenvalue weighted by Crippen LogP contribution is 2.51. The van der Waals surface area contributed by atoms with Crippen molar-refractivity contribution in [2.45, 2.75) is 41.4 Å². The van der Waals surface area contributed by atoms with E-state index in [1.54, 1.807) is 24.5 Å². The number of carbonyl (C=O) groups is 1. The number of rotatable bonds is 4. The van der Waals surface area contributed by atoms with Crippen molar-refractivity contribution in [3.8, 4) is 11.8 Å². The SMILES string of the molecule is O=C(Nc1cc(F)c(F)c(F)c1)c1ccc(Cl)c(S(=O)(=O)C2C3CC[C@H]2C[C@](O)(C#Cc2ccncc2)C3)c1. The predicted molar refractivity (Wildman–Crippen MR) is 138 cm³/mol. The molecular formula is C28H22ClF3N2O4S. The highest BCUT2D eigenvalue weighted by molar-refractivity contribution is 7.92. The Labute approximate surface area is 228 Å². The first-order valence-electron chi connectivity index (χ1n) is 12.1. The molecule has 2 aromatic carbocycles. The van der Waals surface area contributed by atoms with Crippen LogP contribution in [0, 0.1) is 41.1 Å². The zero-order valence-corrected chi connectivity index (χ0v) is 21.9. The molecule has 202 valence electrons. The molecule has 39 heavy (non-hydrogen) atoms. The number of nitrogens with one attached hydrogen (secondary N) is 1. The van der Waals surface area contributed by atoms with Crippen LogP contribution in [-0.2, 0) is 9.84 Å². The van der Waals surface area contributed by atoms with Gasteiger partial charge in [-0.3, -0.25) is 9.78 Å². The lowest BCUT2D eigenvalue weighted by atomic mass is 9.77. The summed E-state index contributed by atoms with van der Waals surface area (Å²) in [6, 6.07) is 8.31. The summed E-state index contributed by atoms with van der Waals surface area (Å²) in [4.78, 5) is 16.5. The van der Waals surface area contributed by atoms with Gasteiger partial charge in [-0.15, -0.1) is 0 Å². The number of benzene rings is 2. The predicted octanol–water partition coefficient (Wildman–Crippen LogP) is 5.15. The number of hydrogen-bond donors (Lipinski definition) is 2. The number of carbonyl (C=O) groups excluding carboxylic acids is 1. The molecule has 2 bridgehead atoms. The average Bonchev–Trinajstić information content (AvgIpc) is 3.20. The molecule has 1 aromatic heterocycles. The fourth-order valence-electron chi connectivity index (χ4n) is 5.60. The van der Waals surface area contributed by atoms with E-state index < -0.39 is 44.0 Å². The maximum Gasteiger partial charge on any atom is 0.255 e. The van der Waals surface area contributed by atoms with Crippen LogP contribution in [0.3, 0.4) is 0 Å². The molecule has 11 heteroatoms. The van der Waals surface area contributed by atoms with Crippen LogP contribution in [0.2, 0.25) is 5.02 Å². The van der Waals surface area contributed by atoms with Crippen molar-refractivity contribution in [1.29, 1.82) is 0 Å². The van der Waals surface area contributed by atoms with Crippen molar-refractivity contribution >= 4 is 33.0 Å². The molecule has 0 spiro atoms. The molecule has 2 saturated carbocycles. The molecule has 2 fully saturated rings. The largest absolute Gasteiger partial charge is 0.378 e. The summed E-state index contributed by atoms with van der Waals surface area (Å²) < 4.78 is 68.0. The fraction of sp³-hybridized carbons (Fsp3) is 0.286. The lowest BCUT2D eigenvalue weighted by molar-refractivity contribution is 0.0340. The number of amides is 1. The Bertz CT molecular complexity index is 1590. The normalized spacial score (nSPS) is 24.1. The van der Waals surface area contributed by atoms with Crippen molar-refractivity contribution in [2.24, 2.45) is 11.8 Å². The van der Waals surface area contributed by atoms with Crippen LogP contribution in [0.5, 0.6) is 0 Å². The van der Waals surface area contributed by atoms with Gasteiger partial charge in [0.1, 0.15) is 5.60 Å². The number of halogens is 4. The zero-order chi connectivity index (χ0) is 27.9. The van der Waals surface area contributed by atoms with Gasteiger partial charge in [0, 0.05) is 41.3 Å². The van der Waals surface area contributed by atoms with E-state index in [1.165, 1.54) is 12.1 Å². The van der Waals surface area contributed by atoms with Crippen LogP contribution in [-0.4, -0.2) is 35.3 Å². The molecule has 4 atom stereocenters. The Balaban J connectivity index is 1.39. The van der Waals surface area contributed by atoms with Gasteiger partial charge in [0.15, 0.2) is 27.3 Å². The van der Waals surface area contributed by atoms with Crippen LogP contribution >= 0.6 is 11.6 Å². The summed E-state index contributed by atoms with van der Waals surface area (Å²) in [6.45, 7) is 0. The third-order valence-corrected chi connectivity index (χ3v) is 10.1. The first kappa shape index (κ1) is 27.2. The number of nitrogens with zero attached hydrogens (tertiary/aromatic N) is 1. The molecule has 2 N–H and O–H groups in total. The lowest BCUT2D eigenvalue weighted by Crippen LogP contribution is -2.45. The van der Waals surface area contributed by atoms with Gasteiger partial charge in [0.2, 0.25) is 0 Å². The molecule has 2 unspecified atom stereocenters. The van der Waals surface area contributed by atoms with Crippen LogP contribution in [0.15, 0.2) is 59.8 Å². The second-order valence-corrected chi connectivity index (χ2v) is 12.4. The summed E-state index contributed by atoms with van der Waals surface area (Å²) >= 11 is 6.28. The summed E-state index contributed by atoms with van der Waals surface area (Å²) in [5, 5.41) is 12.5. The first-order chi connectivity index (χ1) is 18.5. The van der Waals surface area contributed by atoms with Gasteiger partial charge < -0.3 is 10.4 Å². The zero-order valence-electron chi connectivity index (χ0n) is 20.3. The minimum atomic E-state index is -4.04. The standard InChI is InChI=1S/C28H22ClF3N2O4S/c29-21-4-3-17(27(35)34-20-12-22(30)25(32)23(31)13-20)11-24(21)39(37,38)26-18-1-2-19(26)15-28(36,14-18)8-5-16-6-9-33-10-7-16/h3-4,6-7,9-13,18-19,26,36H,1-2,14-15H2,(H,34,35)/t18-,19?,26?,28+/m0/s1. The van der Waals surface area contributed by atoms with E-state index in [-0.39, 0.29) is 45.8 Å². The van der Waals surface area contributed by atoms with Crippen LogP contribution in [0.25, 0.3) is 0 Å². The number of aromatic nitrogens is 1. The summed E-state index contributed by atoms with van der Waals surface area (Å²) in [6.07, 6.45) is 4.71. The Morgan fingerprint density at radius 3 is 2.26 bits per heavy atom. The van der Waals surface area contributed by atoms with E-state index in [9.17, 15) is 31.5 Å². The van der Waals surface area contributed by atoms with Crippen molar-refractivity contribution in [3.05, 3.63) is 88.5 Å². The first-order valence-corrected chi connectivity index (χ1v) is 14.0. The Hall–Kier alpha value is -3.39. The number of anilines is 1. The quantitative estimate of drug-likeness (QED) is 0.332. The number of pyridine rings is 1. The summed E-state index contributed by atoms with van der Waals surface area (Å²) in [5.41, 5.74) is -1.11. The summed E-state index contributed by atoms with van der Waals surface area (Å²) in [5.74, 6) is -0.376. The second kappa shape index (κ2) is 10.3. The van der Waals surface area contributed by atoms with Gasteiger partial charge >= 0.3 is 0 Å². The Kier molecular flexibility index (Phi) is 7.18. The molecular weight excluding hydrogens is 553 g/mol. The molecule has 0 saturated heterocycles. The van der Waals surface area contributed by atoms with E-state index in [0.29, 0.717) is 30.5 Å². The van der Waals surface area contributed by atoms with Gasteiger partial charge in [-0.05, 0) is 67.9 Å². The maximum absolute atomic E-state index is 13.8. The highest BCUT2D eigenvalue weighted by Gasteiger charge is 2.54. The van der Waals surface area contributed by atoms with Crippen LogP contribution in [0.4, 0.5) is 18.9 Å². The van der Waals surface area contributed by atoms with Crippen LogP contribution < -0.4 is 5.32 Å². The number of hydrogen-bond acceptors (Lipinski definition) is 5. The lowest BCUT2D eigenvalue weighted by Gasteiger charge is -2.38. The van der Waals surface area contributed by atoms with Crippen molar-refractivity contribution in [2.75, 3.05) is 5.32 Å². The maximum atomic E-state index is 13.8. The molecule has 6 nitrogen and oxygen atoms in total. The van der Waals surface area contributed by atoms with Gasteiger partial charge in [0.05, 0.1) is 15.2 Å². The Morgan fingerprint density at radius 1 is 1.03 bits per heavy atom. The minimum absolute atomic E-state index is 0.0804. The van der Waals surface area contributed by atoms with E-state index in [1.807, 2.05) is 0 Å². The number of sulfone groups is 1. The fourth-order valence-corrected chi connectivity index (χ4v) is 8.44. The highest BCUT2D eigenvalue weighted by atomic mass is 35.5. The van der Waals surface area contributed by atoms with Gasteiger partial charge in [0.25, 0.3) is 5.91 Å². The topological polar surface area (TPSA) is 96.4 Å². The molecule has 2 aliphatic rings.